The number of hydrogen-bond acceptors (Lipinski definition) is 0. The summed E-state index contributed by atoms with van der Waals surface area (Å²) in [5.74, 6) is 0. The predicted molar refractivity (Wildman–Crippen MR) is 185 cm³/mol. The van der Waals surface area contributed by atoms with Crippen LogP contribution in [-0.4, -0.2) is 6.19 Å². The predicted octanol–water partition coefficient (Wildman–Crippen LogP) is 11.8. The normalized spacial score (nSPS) is 11.5. The van der Waals surface area contributed by atoms with Gasteiger partial charge in [-0.3, -0.25) is 0 Å². The van der Waals surface area contributed by atoms with Gasteiger partial charge in [-0.15, -0.1) is 69.1 Å². The van der Waals surface area contributed by atoms with Crippen molar-refractivity contribution in [1.82, 2.24) is 0 Å². The first-order valence-corrected chi connectivity index (χ1v) is 19.7. The van der Waals surface area contributed by atoms with E-state index < -0.39 is 0 Å². The Morgan fingerprint density at radius 2 is 0.833 bits per heavy atom. The summed E-state index contributed by atoms with van der Waals surface area (Å²) in [6.07, 6.45) is 0.120. The molecule has 0 atom stereocenters. The Morgan fingerprint density at radius 3 is 1.14 bits per heavy atom. The molecule has 0 radical (unpaired) electrons. The van der Waals surface area contributed by atoms with E-state index in [9.17, 15) is 0 Å². The Hall–Kier alpha value is -2.97. The summed E-state index contributed by atoms with van der Waals surface area (Å²) in [5.41, 5.74) is 8.46. The average Bonchev–Trinajstić information content (AvgIpc) is 3.59. The fraction of sp³-hybridized carbons (Fsp3) is 0.250. The molecule has 0 aromatic heterocycles. The second-order valence-corrected chi connectivity index (χ2v) is 20.0. The van der Waals surface area contributed by atoms with Gasteiger partial charge in [0.15, 0.2) is 0 Å². The van der Waals surface area contributed by atoms with Crippen LogP contribution in [0.5, 0.6) is 0 Å². The molecule has 6 rings (SSSR count). The molecular weight excluding hydrogens is 556 g/mol. The maximum atomic E-state index is 2.34. The fourth-order valence-corrected chi connectivity index (χ4v) is 5.07. The van der Waals surface area contributed by atoms with Gasteiger partial charge in [-0.05, 0) is 22.0 Å². The van der Waals surface area contributed by atoms with E-state index in [1.54, 1.807) is 0 Å². The third-order valence-corrected chi connectivity index (χ3v) is 7.40. The number of rotatable bonds is 2. The Kier molecular flexibility index (Phi) is 10.3. The Balaban J connectivity index is 0.000000171. The van der Waals surface area contributed by atoms with Gasteiger partial charge in [0.25, 0.3) is 0 Å². The fourth-order valence-electron chi connectivity index (χ4n) is 5.07. The van der Waals surface area contributed by atoms with Crippen molar-refractivity contribution in [2.75, 3.05) is 0 Å². The van der Waals surface area contributed by atoms with Crippen molar-refractivity contribution in [3.8, 4) is 22.3 Å². The van der Waals surface area contributed by atoms with Crippen molar-refractivity contribution in [2.45, 2.75) is 65.5 Å². The van der Waals surface area contributed by atoms with Crippen LogP contribution in [0.3, 0.4) is 0 Å². The zero-order chi connectivity index (χ0) is 30.5. The molecule has 0 aliphatic heterocycles. The van der Waals surface area contributed by atoms with Crippen molar-refractivity contribution in [1.29, 1.82) is 0 Å². The van der Waals surface area contributed by atoms with Gasteiger partial charge in [0, 0.05) is 0 Å². The van der Waals surface area contributed by atoms with Crippen LogP contribution in [0, 0.1) is 0 Å². The Bertz CT molecular complexity index is 1620. The van der Waals surface area contributed by atoms with E-state index in [1.165, 1.54) is 54.9 Å². The van der Waals surface area contributed by atoms with E-state index >= 15 is 0 Å². The van der Waals surface area contributed by atoms with Crippen LogP contribution in [0.15, 0.2) is 121 Å². The quantitative estimate of drug-likeness (QED) is 0.137. The molecule has 0 saturated heterocycles. The summed E-state index contributed by atoms with van der Waals surface area (Å²) >= 11 is 2.27. The molecule has 0 heterocycles. The van der Waals surface area contributed by atoms with Gasteiger partial charge in [-0.1, -0.05) is 125 Å². The zero-order valence-corrected chi connectivity index (χ0v) is 29.1. The minimum absolute atomic E-state index is 0.120. The third kappa shape index (κ3) is 8.10. The van der Waals surface area contributed by atoms with Gasteiger partial charge >= 0.3 is 38.5 Å². The molecule has 6 aromatic carbocycles. The van der Waals surface area contributed by atoms with Crippen molar-refractivity contribution in [2.24, 2.45) is 0 Å². The van der Waals surface area contributed by atoms with Gasteiger partial charge in [0.1, 0.15) is 0 Å². The molecule has 2 heteroatoms. The van der Waals surface area contributed by atoms with Gasteiger partial charge in [0.05, 0.1) is 0 Å². The van der Waals surface area contributed by atoms with Crippen LogP contribution >= 0.6 is 0 Å². The molecule has 0 N–H and O–H groups in total. The number of hydrogen-bond donors (Lipinski definition) is 0. The summed E-state index contributed by atoms with van der Waals surface area (Å²) in [6.45, 7) is 18.1. The standard InChI is InChI=1S/2C19H19.C2H6Si.Ti/c2*1-19(2,3)16-12-15-10-7-11-17(18(15)13-16)14-8-5-4-6-9-14;1-3-2;/h2*4-13H,1-3H3;1-2H3;/q2*-1;;+2. The number of benzene rings is 4. The molecule has 0 unspecified atom stereocenters. The summed E-state index contributed by atoms with van der Waals surface area (Å²) in [4.78, 5) is 0. The van der Waals surface area contributed by atoms with Crippen molar-refractivity contribution in [3.05, 3.63) is 132 Å². The first kappa shape index (κ1) is 32.0. The van der Waals surface area contributed by atoms with Crippen LogP contribution in [0.1, 0.15) is 52.7 Å². The van der Waals surface area contributed by atoms with Gasteiger partial charge in [-0.25, -0.2) is 0 Å². The molecule has 0 saturated carbocycles. The average molecular weight is 601 g/mol. The van der Waals surface area contributed by atoms with E-state index in [1.807, 2.05) is 0 Å². The van der Waals surface area contributed by atoms with Crippen LogP contribution in [0.25, 0.3) is 43.8 Å². The summed E-state index contributed by atoms with van der Waals surface area (Å²) < 4.78 is 0. The summed E-state index contributed by atoms with van der Waals surface area (Å²) in [7, 11) is 0. The SMILES string of the molecule is CC(C)(C)c1cc2c(-c3ccccc3)cccc2[cH-]1.CC(C)(C)c1cc2c(-c3ccccc3)cccc2[cH-]1.C[Si](C)=[Ti+2]. The van der Waals surface area contributed by atoms with Crippen molar-refractivity contribution < 1.29 is 19.2 Å². The van der Waals surface area contributed by atoms with E-state index in [-0.39, 0.29) is 17.0 Å². The molecule has 42 heavy (non-hydrogen) atoms. The first-order valence-electron chi connectivity index (χ1n) is 14.9. The first-order chi connectivity index (χ1) is 19.8. The number of fused-ring (bicyclic) bond motifs is 2. The second kappa shape index (κ2) is 13.6. The maximum absolute atomic E-state index is 2.34. The van der Waals surface area contributed by atoms with E-state index in [0.717, 1.165) is 0 Å². The topological polar surface area (TPSA) is 0 Å². The Morgan fingerprint density at radius 1 is 0.500 bits per heavy atom. The molecule has 0 amide bonds. The van der Waals surface area contributed by atoms with Crippen molar-refractivity contribution >= 4 is 27.7 Å². The molecule has 212 valence electrons. The van der Waals surface area contributed by atoms with Crippen LogP contribution in [0.2, 0.25) is 13.1 Å². The molecule has 0 bridgehead atoms. The molecule has 0 nitrogen and oxygen atoms in total. The van der Waals surface area contributed by atoms with E-state index in [4.69, 9.17) is 0 Å². The molecular formula is C40H44SiTi. The minimum atomic E-state index is 0.120. The molecule has 0 aliphatic carbocycles. The van der Waals surface area contributed by atoms with Crippen LogP contribution < -0.4 is 0 Å². The van der Waals surface area contributed by atoms with Crippen LogP contribution in [-0.2, 0) is 30.0 Å². The molecule has 0 aliphatic rings. The van der Waals surface area contributed by atoms with Crippen LogP contribution in [0.4, 0.5) is 0 Å². The van der Waals surface area contributed by atoms with Gasteiger partial charge in [-0.2, -0.15) is 12.1 Å². The van der Waals surface area contributed by atoms with E-state index in [0.29, 0.717) is 0 Å². The Labute approximate surface area is 265 Å². The molecule has 0 fully saturated rings. The summed E-state index contributed by atoms with van der Waals surface area (Å²) in [6, 6.07) is 43.7. The molecule has 6 aromatic rings. The molecule has 0 spiro atoms. The van der Waals surface area contributed by atoms with Gasteiger partial charge < -0.3 is 0 Å². The van der Waals surface area contributed by atoms with E-state index in [2.05, 4.69) is 195 Å². The second-order valence-electron chi connectivity index (χ2n) is 13.3. The van der Waals surface area contributed by atoms with Gasteiger partial charge in [0.2, 0.25) is 0 Å². The monoisotopic (exact) mass is 600 g/mol. The third-order valence-electron chi connectivity index (χ3n) is 7.40. The zero-order valence-electron chi connectivity index (χ0n) is 26.5. The van der Waals surface area contributed by atoms with Crippen molar-refractivity contribution in [3.63, 3.8) is 0 Å². The summed E-state index contributed by atoms with van der Waals surface area (Å²) in [5, 5.41) is 5.40.